The molecule has 2 nitrogen and oxygen atoms in total. The molecular weight excluding hydrogens is 312 g/mol. The van der Waals surface area contributed by atoms with Crippen molar-refractivity contribution < 1.29 is 0 Å². The summed E-state index contributed by atoms with van der Waals surface area (Å²) in [6.45, 7) is 6.03. The van der Waals surface area contributed by atoms with E-state index in [1.165, 1.54) is 73.9 Å². The van der Waals surface area contributed by atoms with Gasteiger partial charge in [0, 0.05) is 11.0 Å². The number of benzene rings is 1. The van der Waals surface area contributed by atoms with E-state index in [1.807, 2.05) is 0 Å². The Morgan fingerprint density at radius 2 is 1.90 bits per heavy atom. The van der Waals surface area contributed by atoms with E-state index in [4.69, 9.17) is 0 Å². The number of hydrogen-bond donors (Lipinski definition) is 1. The van der Waals surface area contributed by atoms with Gasteiger partial charge in [-0.3, -0.25) is 4.90 Å². The molecule has 0 amide bonds. The third-order valence-corrected chi connectivity index (χ3v) is 5.43. The fraction of sp³-hybridized carbons (Fsp3) is 0.647. The molecule has 0 spiro atoms. The molecule has 0 radical (unpaired) electrons. The van der Waals surface area contributed by atoms with Gasteiger partial charge in [0.2, 0.25) is 0 Å². The summed E-state index contributed by atoms with van der Waals surface area (Å²) in [4.78, 5) is 2.56. The zero-order valence-electron chi connectivity index (χ0n) is 12.2. The minimum Gasteiger partial charge on any atom is -0.317 e. The van der Waals surface area contributed by atoms with Crippen LogP contribution in [0.4, 0.5) is 0 Å². The first-order chi connectivity index (χ1) is 9.81. The maximum absolute atomic E-state index is 3.78. The lowest BCUT2D eigenvalue weighted by molar-refractivity contribution is 0.330. The first kappa shape index (κ1) is 14.6. The summed E-state index contributed by atoms with van der Waals surface area (Å²) < 4.78 is 1.30. The minimum atomic E-state index is 0.868. The van der Waals surface area contributed by atoms with Crippen molar-refractivity contribution in [2.24, 2.45) is 5.92 Å². The van der Waals surface area contributed by atoms with E-state index in [0.29, 0.717) is 0 Å². The van der Waals surface area contributed by atoms with Gasteiger partial charge in [-0.25, -0.2) is 0 Å². The second-order valence-electron chi connectivity index (χ2n) is 6.31. The number of rotatable bonds is 4. The normalized spacial score (nSPS) is 21.4. The van der Waals surface area contributed by atoms with Gasteiger partial charge < -0.3 is 5.32 Å². The first-order valence-corrected chi connectivity index (χ1v) is 8.81. The van der Waals surface area contributed by atoms with E-state index in [0.717, 1.165) is 12.5 Å². The number of likely N-dealkylation sites (tertiary alicyclic amines) is 1. The van der Waals surface area contributed by atoms with Crippen molar-refractivity contribution in [2.75, 3.05) is 26.2 Å². The average Bonchev–Trinajstić information content (AvgIpc) is 2.96. The summed E-state index contributed by atoms with van der Waals surface area (Å²) in [7, 11) is 0. The number of halogens is 1. The van der Waals surface area contributed by atoms with Crippen molar-refractivity contribution >= 4 is 15.9 Å². The van der Waals surface area contributed by atoms with Crippen LogP contribution in [0.15, 0.2) is 22.7 Å². The number of nitrogens with one attached hydrogen (secondary N) is 1. The molecule has 3 heteroatoms. The van der Waals surface area contributed by atoms with Gasteiger partial charge in [0.25, 0.3) is 0 Å². The molecule has 1 aromatic carbocycles. The number of piperidine rings is 1. The fourth-order valence-electron chi connectivity index (χ4n) is 3.45. The molecule has 0 aromatic heterocycles. The van der Waals surface area contributed by atoms with Gasteiger partial charge in [0.1, 0.15) is 0 Å². The van der Waals surface area contributed by atoms with Crippen LogP contribution in [0.2, 0.25) is 0 Å². The van der Waals surface area contributed by atoms with Crippen LogP contribution < -0.4 is 5.32 Å². The van der Waals surface area contributed by atoms with Crippen LogP contribution in [0, 0.1) is 5.92 Å². The molecular formula is C17H25BrN2. The van der Waals surface area contributed by atoms with Crippen molar-refractivity contribution in [3.8, 4) is 0 Å². The van der Waals surface area contributed by atoms with Crippen LogP contribution in [0.25, 0.3) is 0 Å². The highest BCUT2D eigenvalue weighted by atomic mass is 79.9. The quantitative estimate of drug-likeness (QED) is 0.903. The Labute approximate surface area is 131 Å². The molecule has 0 bridgehead atoms. The molecule has 110 valence electrons. The van der Waals surface area contributed by atoms with Crippen LogP contribution in [0.1, 0.15) is 36.8 Å². The second-order valence-corrected chi connectivity index (χ2v) is 7.16. The Morgan fingerprint density at radius 3 is 2.60 bits per heavy atom. The molecule has 0 atom stereocenters. The van der Waals surface area contributed by atoms with E-state index in [2.05, 4.69) is 44.3 Å². The first-order valence-electron chi connectivity index (χ1n) is 8.01. The van der Waals surface area contributed by atoms with Crippen molar-refractivity contribution in [1.82, 2.24) is 10.2 Å². The molecule has 0 saturated carbocycles. The molecule has 2 aliphatic rings. The van der Waals surface area contributed by atoms with Crippen molar-refractivity contribution in [2.45, 2.75) is 38.6 Å². The molecule has 2 heterocycles. The SMILES string of the molecule is Brc1cc(CC2CCNCC2)ccc1CN1CCCC1. The third-order valence-electron chi connectivity index (χ3n) is 4.69. The highest BCUT2D eigenvalue weighted by molar-refractivity contribution is 9.10. The van der Waals surface area contributed by atoms with Crippen LogP contribution in [0.5, 0.6) is 0 Å². The molecule has 0 unspecified atom stereocenters. The summed E-state index contributed by atoms with van der Waals surface area (Å²) in [5, 5.41) is 3.45. The fourth-order valence-corrected chi connectivity index (χ4v) is 4.00. The summed E-state index contributed by atoms with van der Waals surface area (Å²) in [5.74, 6) is 0.868. The Kier molecular flexibility index (Phi) is 5.14. The molecule has 1 aromatic rings. The van der Waals surface area contributed by atoms with Crippen molar-refractivity contribution in [1.29, 1.82) is 0 Å². The lowest BCUT2D eigenvalue weighted by Gasteiger charge is -2.23. The number of nitrogens with zero attached hydrogens (tertiary/aromatic N) is 1. The lowest BCUT2D eigenvalue weighted by atomic mass is 9.91. The predicted molar refractivity (Wildman–Crippen MR) is 88.0 cm³/mol. The van der Waals surface area contributed by atoms with E-state index in [9.17, 15) is 0 Å². The van der Waals surface area contributed by atoms with Gasteiger partial charge in [0.05, 0.1) is 0 Å². The maximum atomic E-state index is 3.78. The van der Waals surface area contributed by atoms with Crippen LogP contribution in [0.3, 0.4) is 0 Å². The Hall–Kier alpha value is -0.380. The van der Waals surface area contributed by atoms with E-state index < -0.39 is 0 Å². The molecule has 2 fully saturated rings. The Balaban J connectivity index is 1.60. The highest BCUT2D eigenvalue weighted by Crippen LogP contribution is 2.25. The van der Waals surface area contributed by atoms with Gasteiger partial charge in [-0.2, -0.15) is 0 Å². The summed E-state index contributed by atoms with van der Waals surface area (Å²) in [6.07, 6.45) is 6.63. The third kappa shape index (κ3) is 3.84. The molecule has 20 heavy (non-hydrogen) atoms. The van der Waals surface area contributed by atoms with Gasteiger partial charge in [-0.05, 0) is 81.4 Å². The smallest absolute Gasteiger partial charge is 0.0244 e. The predicted octanol–water partition coefficient (Wildman–Crippen LogP) is 3.59. The summed E-state index contributed by atoms with van der Waals surface area (Å²) in [5.41, 5.74) is 2.94. The second kappa shape index (κ2) is 7.06. The highest BCUT2D eigenvalue weighted by Gasteiger charge is 2.16. The maximum Gasteiger partial charge on any atom is 0.0244 e. The number of hydrogen-bond acceptors (Lipinski definition) is 2. The summed E-state index contributed by atoms with van der Waals surface area (Å²) in [6, 6.07) is 7.03. The largest absolute Gasteiger partial charge is 0.317 e. The standard InChI is InChI=1S/C17H25BrN2/c18-17-12-15(11-14-5-7-19-8-6-14)3-4-16(17)13-20-9-1-2-10-20/h3-4,12,14,19H,1-2,5-11,13H2. The van der Waals surface area contributed by atoms with E-state index in [-0.39, 0.29) is 0 Å². The zero-order chi connectivity index (χ0) is 13.8. The van der Waals surface area contributed by atoms with Gasteiger partial charge in [-0.1, -0.05) is 28.1 Å². The van der Waals surface area contributed by atoms with Crippen molar-refractivity contribution in [3.05, 3.63) is 33.8 Å². The van der Waals surface area contributed by atoms with E-state index in [1.54, 1.807) is 0 Å². The topological polar surface area (TPSA) is 15.3 Å². The van der Waals surface area contributed by atoms with Crippen LogP contribution >= 0.6 is 15.9 Å². The lowest BCUT2D eigenvalue weighted by Crippen LogP contribution is -2.28. The summed E-state index contributed by atoms with van der Waals surface area (Å²) >= 11 is 3.78. The zero-order valence-corrected chi connectivity index (χ0v) is 13.8. The van der Waals surface area contributed by atoms with Crippen molar-refractivity contribution in [3.63, 3.8) is 0 Å². The molecule has 0 aliphatic carbocycles. The molecule has 1 N–H and O–H groups in total. The monoisotopic (exact) mass is 336 g/mol. The molecule has 2 saturated heterocycles. The molecule has 2 aliphatic heterocycles. The Bertz CT molecular complexity index is 435. The molecule has 3 rings (SSSR count). The minimum absolute atomic E-state index is 0.868. The van der Waals surface area contributed by atoms with Crippen LogP contribution in [-0.2, 0) is 13.0 Å². The van der Waals surface area contributed by atoms with Gasteiger partial charge in [0.15, 0.2) is 0 Å². The van der Waals surface area contributed by atoms with Gasteiger partial charge in [-0.15, -0.1) is 0 Å². The Morgan fingerprint density at radius 1 is 1.15 bits per heavy atom. The van der Waals surface area contributed by atoms with E-state index >= 15 is 0 Å². The van der Waals surface area contributed by atoms with Crippen LogP contribution in [-0.4, -0.2) is 31.1 Å². The van der Waals surface area contributed by atoms with Gasteiger partial charge >= 0.3 is 0 Å². The average molecular weight is 337 g/mol.